The molecular formula is C13H26N2O2. The van der Waals surface area contributed by atoms with Crippen LogP contribution in [-0.2, 0) is 4.79 Å². The number of hydrogen-bond donors (Lipinski definition) is 2. The van der Waals surface area contributed by atoms with Crippen LogP contribution in [0.2, 0.25) is 0 Å². The van der Waals surface area contributed by atoms with Crippen molar-refractivity contribution in [2.75, 3.05) is 20.2 Å². The van der Waals surface area contributed by atoms with Crippen molar-refractivity contribution in [2.24, 2.45) is 5.73 Å². The molecule has 4 nitrogen and oxygen atoms in total. The second-order valence-corrected chi connectivity index (χ2v) is 5.35. The van der Waals surface area contributed by atoms with Crippen molar-refractivity contribution < 1.29 is 9.90 Å². The molecule has 0 spiro atoms. The Kier molecular flexibility index (Phi) is 5.92. The van der Waals surface area contributed by atoms with Crippen molar-refractivity contribution in [3.8, 4) is 0 Å². The van der Waals surface area contributed by atoms with E-state index in [0.29, 0.717) is 6.42 Å². The number of hydrogen-bond acceptors (Lipinski definition) is 3. The fraction of sp³-hybridized carbons (Fsp3) is 0.923. The molecule has 0 unspecified atom stereocenters. The second kappa shape index (κ2) is 6.97. The van der Waals surface area contributed by atoms with E-state index in [1.54, 1.807) is 4.90 Å². The van der Waals surface area contributed by atoms with E-state index in [4.69, 9.17) is 10.8 Å². The number of carbonyl (C=O) groups excluding carboxylic acids is 1. The van der Waals surface area contributed by atoms with E-state index in [1.807, 2.05) is 7.05 Å². The van der Waals surface area contributed by atoms with Crippen LogP contribution in [-0.4, -0.2) is 41.7 Å². The molecule has 1 aliphatic carbocycles. The van der Waals surface area contributed by atoms with Crippen molar-refractivity contribution >= 4 is 5.91 Å². The number of aliphatic hydroxyl groups is 1. The summed E-state index contributed by atoms with van der Waals surface area (Å²) in [5.74, 6) is 0.165. The van der Waals surface area contributed by atoms with Crippen molar-refractivity contribution in [1.82, 2.24) is 4.90 Å². The Morgan fingerprint density at radius 1 is 1.29 bits per heavy atom. The number of rotatable bonds is 7. The van der Waals surface area contributed by atoms with Gasteiger partial charge >= 0.3 is 0 Å². The summed E-state index contributed by atoms with van der Waals surface area (Å²) in [7, 11) is 1.85. The largest absolute Gasteiger partial charge is 0.396 e. The molecule has 0 atom stereocenters. The molecule has 0 bridgehead atoms. The highest BCUT2D eigenvalue weighted by atomic mass is 16.2. The van der Waals surface area contributed by atoms with Crippen LogP contribution in [0.1, 0.15) is 51.4 Å². The number of carbonyl (C=O) groups is 1. The highest BCUT2D eigenvalue weighted by Gasteiger charge is 2.32. The third-order valence-electron chi connectivity index (χ3n) is 3.68. The first-order chi connectivity index (χ1) is 8.07. The molecular weight excluding hydrogens is 216 g/mol. The van der Waals surface area contributed by atoms with E-state index in [2.05, 4.69) is 0 Å². The minimum atomic E-state index is -0.240. The Balaban J connectivity index is 2.22. The molecule has 4 heteroatoms. The third-order valence-corrected chi connectivity index (χ3v) is 3.68. The van der Waals surface area contributed by atoms with Crippen LogP contribution >= 0.6 is 0 Å². The van der Waals surface area contributed by atoms with Gasteiger partial charge < -0.3 is 15.7 Å². The maximum atomic E-state index is 12.0. The molecule has 17 heavy (non-hydrogen) atoms. The zero-order valence-corrected chi connectivity index (χ0v) is 11.0. The molecule has 1 fully saturated rings. The van der Waals surface area contributed by atoms with Gasteiger partial charge in [-0.25, -0.2) is 0 Å². The number of nitrogens with two attached hydrogens (primary N) is 1. The second-order valence-electron chi connectivity index (χ2n) is 5.35. The van der Waals surface area contributed by atoms with Gasteiger partial charge in [0.2, 0.25) is 5.91 Å². The molecule has 0 saturated heterocycles. The molecule has 0 aromatic heterocycles. The summed E-state index contributed by atoms with van der Waals surface area (Å²) in [4.78, 5) is 13.7. The van der Waals surface area contributed by atoms with Crippen LogP contribution < -0.4 is 5.73 Å². The van der Waals surface area contributed by atoms with Gasteiger partial charge in [0, 0.05) is 32.2 Å². The first kappa shape index (κ1) is 14.5. The van der Waals surface area contributed by atoms with Gasteiger partial charge in [-0.2, -0.15) is 0 Å². The zero-order valence-electron chi connectivity index (χ0n) is 11.0. The van der Waals surface area contributed by atoms with Gasteiger partial charge in [-0.15, -0.1) is 0 Å². The maximum Gasteiger partial charge on any atom is 0.224 e. The predicted molar refractivity (Wildman–Crippen MR) is 68.6 cm³/mol. The van der Waals surface area contributed by atoms with Gasteiger partial charge in [-0.05, 0) is 32.1 Å². The van der Waals surface area contributed by atoms with Crippen molar-refractivity contribution in [1.29, 1.82) is 0 Å². The van der Waals surface area contributed by atoms with Crippen LogP contribution in [0.4, 0.5) is 0 Å². The zero-order chi connectivity index (χ0) is 12.7. The Labute approximate surface area is 104 Å². The minimum Gasteiger partial charge on any atom is -0.396 e. The first-order valence-corrected chi connectivity index (χ1v) is 6.71. The Bertz CT molecular complexity index is 238. The summed E-state index contributed by atoms with van der Waals surface area (Å²) in [6, 6.07) is 0. The fourth-order valence-corrected chi connectivity index (χ4v) is 2.45. The number of nitrogens with zero attached hydrogens (tertiary/aromatic N) is 1. The SMILES string of the molecule is CN(CCCCCO)C(=O)CC1(N)CCCC1. The summed E-state index contributed by atoms with van der Waals surface area (Å²) < 4.78 is 0. The van der Waals surface area contributed by atoms with E-state index in [-0.39, 0.29) is 18.1 Å². The number of amides is 1. The lowest BCUT2D eigenvalue weighted by molar-refractivity contribution is -0.131. The standard InChI is InChI=1S/C13H26N2O2/c1-15(9-5-2-6-10-16)12(17)11-13(14)7-3-4-8-13/h16H,2-11,14H2,1H3. The van der Waals surface area contributed by atoms with Crippen molar-refractivity contribution in [3.63, 3.8) is 0 Å². The van der Waals surface area contributed by atoms with Gasteiger partial charge in [0.05, 0.1) is 0 Å². The number of unbranched alkanes of at least 4 members (excludes halogenated alkanes) is 2. The summed E-state index contributed by atoms with van der Waals surface area (Å²) in [5, 5.41) is 8.67. The quantitative estimate of drug-likeness (QED) is 0.661. The maximum absolute atomic E-state index is 12.0. The minimum absolute atomic E-state index is 0.165. The third kappa shape index (κ3) is 5.04. The monoisotopic (exact) mass is 242 g/mol. The molecule has 0 radical (unpaired) electrons. The van der Waals surface area contributed by atoms with E-state index < -0.39 is 0 Å². The Morgan fingerprint density at radius 3 is 2.53 bits per heavy atom. The van der Waals surface area contributed by atoms with Crippen molar-refractivity contribution in [3.05, 3.63) is 0 Å². The highest BCUT2D eigenvalue weighted by Crippen LogP contribution is 2.30. The number of aliphatic hydroxyl groups excluding tert-OH is 1. The molecule has 0 aliphatic heterocycles. The molecule has 1 saturated carbocycles. The molecule has 1 amide bonds. The molecule has 3 N–H and O–H groups in total. The van der Waals surface area contributed by atoms with Crippen LogP contribution in [0.25, 0.3) is 0 Å². The average molecular weight is 242 g/mol. The molecule has 1 rings (SSSR count). The Hall–Kier alpha value is -0.610. The average Bonchev–Trinajstić information content (AvgIpc) is 2.70. The lowest BCUT2D eigenvalue weighted by Crippen LogP contribution is -2.42. The first-order valence-electron chi connectivity index (χ1n) is 6.71. The normalized spacial score (nSPS) is 18.3. The van der Waals surface area contributed by atoms with E-state index in [1.165, 1.54) is 0 Å². The highest BCUT2D eigenvalue weighted by molar-refractivity contribution is 5.77. The summed E-state index contributed by atoms with van der Waals surface area (Å²) in [6.07, 6.45) is 7.52. The van der Waals surface area contributed by atoms with E-state index >= 15 is 0 Å². The predicted octanol–water partition coefficient (Wildman–Crippen LogP) is 1.27. The molecule has 0 aromatic rings. The van der Waals surface area contributed by atoms with Crippen molar-refractivity contribution in [2.45, 2.75) is 56.9 Å². The lowest BCUT2D eigenvalue weighted by atomic mass is 9.94. The van der Waals surface area contributed by atoms with E-state index in [0.717, 1.165) is 51.5 Å². The molecule has 0 heterocycles. The Morgan fingerprint density at radius 2 is 1.94 bits per heavy atom. The van der Waals surface area contributed by atoms with E-state index in [9.17, 15) is 4.79 Å². The van der Waals surface area contributed by atoms with Crippen LogP contribution in [0.3, 0.4) is 0 Å². The summed E-state index contributed by atoms with van der Waals surface area (Å²) >= 11 is 0. The van der Waals surface area contributed by atoms with Gasteiger partial charge in [0.25, 0.3) is 0 Å². The topological polar surface area (TPSA) is 66.6 Å². The van der Waals surface area contributed by atoms with Crippen LogP contribution in [0.15, 0.2) is 0 Å². The summed E-state index contributed by atoms with van der Waals surface area (Å²) in [5.41, 5.74) is 5.95. The van der Waals surface area contributed by atoms with Gasteiger partial charge in [-0.3, -0.25) is 4.79 Å². The smallest absolute Gasteiger partial charge is 0.224 e. The van der Waals surface area contributed by atoms with Gasteiger partial charge in [0.1, 0.15) is 0 Å². The molecule has 100 valence electrons. The summed E-state index contributed by atoms with van der Waals surface area (Å²) in [6.45, 7) is 1.01. The van der Waals surface area contributed by atoms with Gasteiger partial charge in [-0.1, -0.05) is 12.8 Å². The molecule has 1 aliphatic rings. The lowest BCUT2D eigenvalue weighted by Gasteiger charge is -2.26. The van der Waals surface area contributed by atoms with Gasteiger partial charge in [0.15, 0.2) is 0 Å². The molecule has 0 aromatic carbocycles. The van der Waals surface area contributed by atoms with Crippen LogP contribution in [0.5, 0.6) is 0 Å². The van der Waals surface area contributed by atoms with Crippen LogP contribution in [0, 0.1) is 0 Å². The fourth-order valence-electron chi connectivity index (χ4n) is 2.45.